The molecular formula is C19H30N6O5S. The van der Waals surface area contributed by atoms with Crippen LogP contribution in [0.25, 0.3) is 11.2 Å². The molecule has 0 aromatic carbocycles. The Bertz CT molecular complexity index is 1090. The number of hydrogen-bond acceptors (Lipinski definition) is 8. The van der Waals surface area contributed by atoms with Crippen molar-refractivity contribution in [2.24, 2.45) is 19.8 Å². The van der Waals surface area contributed by atoms with Gasteiger partial charge in [-0.05, 0) is 25.4 Å². The van der Waals surface area contributed by atoms with Crippen molar-refractivity contribution in [3.63, 3.8) is 0 Å². The third-order valence-corrected chi connectivity index (χ3v) is 6.61. The molecule has 1 saturated heterocycles. The van der Waals surface area contributed by atoms with Crippen molar-refractivity contribution in [1.82, 2.24) is 23.6 Å². The van der Waals surface area contributed by atoms with Crippen LogP contribution in [0.1, 0.15) is 25.8 Å². The molecule has 0 unspecified atom stereocenters. The molecule has 3 rings (SSSR count). The van der Waals surface area contributed by atoms with Crippen molar-refractivity contribution in [3.8, 4) is 0 Å². The minimum absolute atomic E-state index is 0.00670. The van der Waals surface area contributed by atoms with Crippen molar-refractivity contribution in [2.75, 3.05) is 25.1 Å². The van der Waals surface area contributed by atoms with E-state index < -0.39 is 35.0 Å². The van der Waals surface area contributed by atoms with Gasteiger partial charge < -0.3 is 25.4 Å². The van der Waals surface area contributed by atoms with Crippen LogP contribution >= 0.6 is 11.8 Å². The largest absolute Gasteiger partial charge is 0.391 e. The molecule has 172 valence electrons. The van der Waals surface area contributed by atoms with Crippen LogP contribution < -0.4 is 17.0 Å². The summed E-state index contributed by atoms with van der Waals surface area (Å²) in [4.78, 5) is 43.8. The molecule has 0 bridgehead atoms. The van der Waals surface area contributed by atoms with Gasteiger partial charge in [-0.15, -0.1) is 0 Å². The minimum Gasteiger partial charge on any atom is -0.391 e. The third-order valence-electron chi connectivity index (χ3n) is 5.96. The van der Waals surface area contributed by atoms with E-state index in [-0.39, 0.29) is 36.6 Å². The fourth-order valence-corrected chi connectivity index (χ4v) is 4.67. The zero-order chi connectivity index (χ0) is 23.1. The lowest BCUT2D eigenvalue weighted by Gasteiger charge is -2.34. The molecule has 2 aromatic rings. The van der Waals surface area contributed by atoms with E-state index in [4.69, 9.17) is 5.73 Å². The summed E-state index contributed by atoms with van der Waals surface area (Å²) in [6.45, 7) is 1.62. The number of fused-ring (bicyclic) bond motifs is 1. The molecule has 31 heavy (non-hydrogen) atoms. The van der Waals surface area contributed by atoms with Gasteiger partial charge in [0.2, 0.25) is 5.91 Å². The summed E-state index contributed by atoms with van der Waals surface area (Å²) >= 11 is 1.59. The van der Waals surface area contributed by atoms with Gasteiger partial charge in [-0.25, -0.2) is 9.78 Å². The Balaban J connectivity index is 2.09. The first-order chi connectivity index (χ1) is 14.5. The van der Waals surface area contributed by atoms with E-state index in [1.807, 2.05) is 6.26 Å². The van der Waals surface area contributed by atoms with Gasteiger partial charge >= 0.3 is 5.69 Å². The Labute approximate surface area is 183 Å². The van der Waals surface area contributed by atoms with Crippen molar-refractivity contribution < 1.29 is 15.0 Å². The molecule has 0 aliphatic carbocycles. The predicted molar refractivity (Wildman–Crippen MR) is 118 cm³/mol. The summed E-state index contributed by atoms with van der Waals surface area (Å²) in [5.41, 5.74) is 3.89. The van der Waals surface area contributed by atoms with Gasteiger partial charge in [-0.1, -0.05) is 0 Å². The number of aliphatic hydroxyl groups is 2. The number of imidazole rings is 1. The van der Waals surface area contributed by atoms with E-state index >= 15 is 0 Å². The first kappa shape index (κ1) is 23.5. The van der Waals surface area contributed by atoms with Crippen LogP contribution in [0.3, 0.4) is 0 Å². The average molecular weight is 455 g/mol. The number of aryl methyl sites for hydroxylation is 1. The van der Waals surface area contributed by atoms with E-state index in [2.05, 4.69) is 4.98 Å². The Morgan fingerprint density at radius 1 is 1.35 bits per heavy atom. The van der Waals surface area contributed by atoms with Crippen molar-refractivity contribution in [1.29, 1.82) is 0 Å². The number of aromatic nitrogens is 4. The van der Waals surface area contributed by atoms with Gasteiger partial charge in [-0.3, -0.25) is 18.7 Å². The van der Waals surface area contributed by atoms with Crippen LogP contribution in [-0.4, -0.2) is 82.6 Å². The number of β-amino-alcohol motifs (C(OH)–C–C–N with tert-alkyl or cyclic N) is 1. The fraction of sp³-hybridized carbons (Fsp3) is 0.684. The van der Waals surface area contributed by atoms with Gasteiger partial charge in [0.15, 0.2) is 11.2 Å². The molecule has 1 fully saturated rings. The van der Waals surface area contributed by atoms with Gasteiger partial charge in [-0.2, -0.15) is 11.8 Å². The van der Waals surface area contributed by atoms with Gasteiger partial charge in [0, 0.05) is 33.6 Å². The van der Waals surface area contributed by atoms with Gasteiger partial charge in [0.1, 0.15) is 0 Å². The molecule has 1 aliphatic rings. The second-order valence-electron chi connectivity index (χ2n) is 8.39. The molecule has 3 heterocycles. The number of aliphatic hydroxyl groups excluding tert-OH is 1. The number of rotatable bonds is 5. The minimum atomic E-state index is -1.45. The number of nitrogens with zero attached hydrogens (tertiary/aromatic N) is 5. The Hall–Kier alpha value is -2.15. The first-order valence-electron chi connectivity index (χ1n) is 10.1. The molecule has 1 aliphatic heterocycles. The number of carbonyl (C=O) groups excluding carboxylic acids is 1. The SMILES string of the molecule is CSCC[C@H](N)C(=O)N1C[C@H](O)C[C@](C)(O)[C@@H](n2cnc3c2c(=O)n(C)c(=O)n3C)C1. The number of thioether (sulfide) groups is 1. The lowest BCUT2D eigenvalue weighted by molar-refractivity contribution is -0.134. The highest BCUT2D eigenvalue weighted by Gasteiger charge is 2.42. The summed E-state index contributed by atoms with van der Waals surface area (Å²) in [6, 6.07) is -1.51. The number of nitrogens with two attached hydrogens (primary N) is 1. The van der Waals surface area contributed by atoms with E-state index in [1.165, 1.54) is 34.5 Å². The zero-order valence-corrected chi connectivity index (χ0v) is 19.0. The topological polar surface area (TPSA) is 149 Å². The van der Waals surface area contributed by atoms with Crippen molar-refractivity contribution in [3.05, 3.63) is 27.2 Å². The van der Waals surface area contributed by atoms with Crippen LogP contribution in [-0.2, 0) is 18.9 Å². The molecule has 1 amide bonds. The van der Waals surface area contributed by atoms with Crippen LogP contribution in [0.5, 0.6) is 0 Å². The molecule has 12 heteroatoms. The molecule has 0 spiro atoms. The fourth-order valence-electron chi connectivity index (χ4n) is 4.18. The Morgan fingerprint density at radius 3 is 2.68 bits per heavy atom. The average Bonchev–Trinajstić information content (AvgIpc) is 3.10. The van der Waals surface area contributed by atoms with Gasteiger partial charge in [0.25, 0.3) is 5.56 Å². The molecular weight excluding hydrogens is 424 g/mol. The van der Waals surface area contributed by atoms with E-state index in [0.717, 1.165) is 10.3 Å². The van der Waals surface area contributed by atoms with E-state index in [9.17, 15) is 24.6 Å². The summed E-state index contributed by atoms with van der Waals surface area (Å²) in [5, 5.41) is 21.7. The standard InChI is InChI=1S/C19H30N6O5S/c1-19(30)7-11(26)8-24(16(27)12(20)5-6-31-4)9-13(19)25-10-21-15-14(25)17(28)23(3)18(29)22(15)2/h10-13,26,30H,5-9,20H2,1-4H3/t11-,12+,13+,19+/m1/s1. The maximum absolute atomic E-state index is 13.0. The van der Waals surface area contributed by atoms with E-state index in [1.54, 1.807) is 18.7 Å². The summed E-state index contributed by atoms with van der Waals surface area (Å²) in [6.07, 6.45) is 2.84. The van der Waals surface area contributed by atoms with Crippen molar-refractivity contribution in [2.45, 2.75) is 43.6 Å². The maximum Gasteiger partial charge on any atom is 0.332 e. The number of hydrogen-bond donors (Lipinski definition) is 3. The number of amides is 1. The second-order valence-corrected chi connectivity index (χ2v) is 9.38. The Kier molecular flexibility index (Phi) is 6.65. The highest BCUT2D eigenvalue weighted by molar-refractivity contribution is 7.98. The second kappa shape index (κ2) is 8.77. The number of likely N-dealkylation sites (tertiary alicyclic amines) is 1. The van der Waals surface area contributed by atoms with Crippen LogP contribution in [0.15, 0.2) is 15.9 Å². The molecule has 4 N–H and O–H groups in total. The predicted octanol–water partition coefficient (Wildman–Crippen LogP) is -1.60. The first-order valence-corrected chi connectivity index (χ1v) is 11.4. The molecule has 4 atom stereocenters. The Morgan fingerprint density at radius 2 is 2.03 bits per heavy atom. The number of carbonyl (C=O) groups is 1. The highest BCUT2D eigenvalue weighted by atomic mass is 32.2. The molecule has 0 saturated carbocycles. The van der Waals surface area contributed by atoms with E-state index in [0.29, 0.717) is 6.42 Å². The molecule has 2 aromatic heterocycles. The third kappa shape index (κ3) is 4.29. The van der Waals surface area contributed by atoms with Crippen LogP contribution in [0, 0.1) is 0 Å². The van der Waals surface area contributed by atoms with Crippen LogP contribution in [0.4, 0.5) is 0 Å². The maximum atomic E-state index is 13.0. The molecule has 11 nitrogen and oxygen atoms in total. The highest BCUT2D eigenvalue weighted by Crippen LogP contribution is 2.33. The van der Waals surface area contributed by atoms with Crippen LogP contribution in [0.2, 0.25) is 0 Å². The zero-order valence-electron chi connectivity index (χ0n) is 18.2. The summed E-state index contributed by atoms with van der Waals surface area (Å²) in [7, 11) is 2.88. The smallest absolute Gasteiger partial charge is 0.332 e. The van der Waals surface area contributed by atoms with Gasteiger partial charge in [0.05, 0.1) is 30.1 Å². The summed E-state index contributed by atoms with van der Waals surface area (Å²) < 4.78 is 3.74. The van der Waals surface area contributed by atoms with Crippen molar-refractivity contribution >= 4 is 28.8 Å². The molecule has 0 radical (unpaired) electrons. The summed E-state index contributed by atoms with van der Waals surface area (Å²) in [5.74, 6) is 0.404. The lowest BCUT2D eigenvalue weighted by atomic mass is 9.91. The quantitative estimate of drug-likeness (QED) is 0.489. The monoisotopic (exact) mass is 454 g/mol. The lowest BCUT2D eigenvalue weighted by Crippen LogP contribution is -2.48. The normalized spacial score (nSPS) is 25.6.